The summed E-state index contributed by atoms with van der Waals surface area (Å²) in [6.45, 7) is 4.39. The van der Waals surface area contributed by atoms with E-state index in [-0.39, 0.29) is 0 Å². The molecule has 1 aliphatic heterocycles. The van der Waals surface area contributed by atoms with Gasteiger partial charge in [0.25, 0.3) is 0 Å². The summed E-state index contributed by atoms with van der Waals surface area (Å²) in [5, 5.41) is 0. The lowest BCUT2D eigenvalue weighted by Crippen LogP contribution is -2.48. The van der Waals surface area contributed by atoms with Gasteiger partial charge in [0.2, 0.25) is 10.0 Å². The number of carbonyl (C=O) groups excluding carboxylic acids is 1. The van der Waals surface area contributed by atoms with Crippen molar-refractivity contribution in [2.75, 3.05) is 50.4 Å². The number of hydrogen-bond acceptors (Lipinski definition) is 7. The largest absolute Gasteiger partial charge is 0.353 e. The number of hydrogen-bond donors (Lipinski definition) is 1. The quantitative estimate of drug-likeness (QED) is 0.670. The highest BCUT2D eigenvalue weighted by Gasteiger charge is 2.18. The van der Waals surface area contributed by atoms with Gasteiger partial charge in [0.05, 0.1) is 18.6 Å². The van der Waals surface area contributed by atoms with Crippen molar-refractivity contribution >= 4 is 22.1 Å². The molecule has 8 nitrogen and oxygen atoms in total. The van der Waals surface area contributed by atoms with Gasteiger partial charge in [0.15, 0.2) is 6.29 Å². The van der Waals surface area contributed by atoms with E-state index in [1.807, 2.05) is 0 Å². The van der Waals surface area contributed by atoms with Gasteiger partial charge in [-0.3, -0.25) is 9.69 Å². The lowest BCUT2D eigenvalue weighted by Gasteiger charge is -2.35. The molecule has 0 radical (unpaired) electrons. The zero-order valence-corrected chi connectivity index (χ0v) is 12.7. The molecule has 1 fully saturated rings. The van der Waals surface area contributed by atoms with E-state index in [9.17, 15) is 13.2 Å². The Hall–Kier alpha value is -1.58. The minimum atomic E-state index is -3.12. The Morgan fingerprint density at radius 2 is 1.95 bits per heavy atom. The van der Waals surface area contributed by atoms with Crippen LogP contribution >= 0.6 is 0 Å². The first-order valence-corrected chi connectivity index (χ1v) is 8.56. The SMILES string of the molecule is CS(=O)(=O)NCCN1CCN(c2cnc(C=O)cn2)CC1. The fourth-order valence-electron chi connectivity index (χ4n) is 2.15. The second kappa shape index (κ2) is 6.92. The van der Waals surface area contributed by atoms with Gasteiger partial charge in [0.1, 0.15) is 11.5 Å². The topological polar surface area (TPSA) is 95.5 Å². The third-order valence-corrected chi connectivity index (χ3v) is 4.00. The number of sulfonamides is 1. The van der Waals surface area contributed by atoms with Gasteiger partial charge in [-0.1, -0.05) is 0 Å². The molecule has 1 aromatic rings. The molecule has 1 saturated heterocycles. The molecule has 0 aromatic carbocycles. The van der Waals surface area contributed by atoms with Crippen molar-refractivity contribution in [2.45, 2.75) is 0 Å². The standard InChI is InChI=1S/C12H19N5O3S/c1-21(19,20)15-2-3-16-4-6-17(7-5-16)12-9-13-11(10-18)8-14-12/h8-10,15H,2-7H2,1H3. The summed E-state index contributed by atoms with van der Waals surface area (Å²) in [5.41, 5.74) is 0.323. The van der Waals surface area contributed by atoms with Crippen molar-refractivity contribution in [1.82, 2.24) is 19.6 Å². The highest BCUT2D eigenvalue weighted by molar-refractivity contribution is 7.88. The molecule has 0 unspecified atom stereocenters. The maximum absolute atomic E-state index is 11.0. The molecule has 0 saturated carbocycles. The van der Waals surface area contributed by atoms with Crippen LogP contribution in [-0.2, 0) is 10.0 Å². The van der Waals surface area contributed by atoms with E-state index < -0.39 is 10.0 Å². The lowest BCUT2D eigenvalue weighted by atomic mass is 10.3. The molecule has 21 heavy (non-hydrogen) atoms. The normalized spacial score (nSPS) is 16.9. The monoisotopic (exact) mass is 313 g/mol. The van der Waals surface area contributed by atoms with E-state index in [0.29, 0.717) is 25.1 Å². The Balaban J connectivity index is 1.78. The predicted molar refractivity (Wildman–Crippen MR) is 78.9 cm³/mol. The molecule has 0 amide bonds. The summed E-state index contributed by atoms with van der Waals surface area (Å²) in [7, 11) is -3.12. The smallest absolute Gasteiger partial charge is 0.208 e. The highest BCUT2D eigenvalue weighted by Crippen LogP contribution is 2.11. The van der Waals surface area contributed by atoms with E-state index >= 15 is 0 Å². The van der Waals surface area contributed by atoms with E-state index in [4.69, 9.17) is 0 Å². The van der Waals surface area contributed by atoms with Crippen LogP contribution in [0, 0.1) is 0 Å². The van der Waals surface area contributed by atoms with Gasteiger partial charge in [-0.25, -0.2) is 23.1 Å². The molecule has 0 atom stereocenters. The van der Waals surface area contributed by atoms with Crippen LogP contribution in [0.5, 0.6) is 0 Å². The third-order valence-electron chi connectivity index (χ3n) is 3.27. The number of nitrogens with one attached hydrogen (secondary N) is 1. The number of carbonyl (C=O) groups is 1. The molecule has 1 aromatic heterocycles. The number of nitrogens with zero attached hydrogens (tertiary/aromatic N) is 4. The maximum atomic E-state index is 11.0. The summed E-state index contributed by atoms with van der Waals surface area (Å²) in [6, 6.07) is 0. The van der Waals surface area contributed by atoms with Crippen molar-refractivity contribution in [2.24, 2.45) is 0 Å². The van der Waals surface area contributed by atoms with Gasteiger partial charge in [-0.05, 0) is 0 Å². The summed E-state index contributed by atoms with van der Waals surface area (Å²) < 4.78 is 24.5. The lowest BCUT2D eigenvalue weighted by molar-refractivity contribution is 0.111. The van der Waals surface area contributed by atoms with Crippen LogP contribution in [-0.4, -0.2) is 75.1 Å². The minimum absolute atomic E-state index is 0.323. The van der Waals surface area contributed by atoms with Crippen LogP contribution in [0.2, 0.25) is 0 Å². The Kier molecular flexibility index (Phi) is 5.21. The van der Waals surface area contributed by atoms with Gasteiger partial charge >= 0.3 is 0 Å². The third kappa shape index (κ3) is 5.03. The van der Waals surface area contributed by atoms with Gasteiger partial charge < -0.3 is 4.90 Å². The second-order valence-electron chi connectivity index (χ2n) is 4.91. The average Bonchev–Trinajstić information content (AvgIpc) is 2.47. The van der Waals surface area contributed by atoms with Crippen LogP contribution in [0.3, 0.4) is 0 Å². The summed E-state index contributed by atoms with van der Waals surface area (Å²) in [4.78, 5) is 23.1. The first-order chi connectivity index (χ1) is 9.98. The van der Waals surface area contributed by atoms with Crippen molar-refractivity contribution in [3.05, 3.63) is 18.1 Å². The van der Waals surface area contributed by atoms with E-state index in [1.54, 1.807) is 6.20 Å². The number of piperazine rings is 1. The Morgan fingerprint density at radius 3 is 2.48 bits per heavy atom. The van der Waals surface area contributed by atoms with E-state index in [0.717, 1.165) is 38.3 Å². The Bertz CT molecular complexity index is 567. The average molecular weight is 313 g/mol. The Labute approximate surface area is 124 Å². The zero-order chi connectivity index (χ0) is 15.3. The number of aromatic nitrogens is 2. The second-order valence-corrected chi connectivity index (χ2v) is 6.75. The molecule has 9 heteroatoms. The van der Waals surface area contributed by atoms with Gasteiger partial charge in [0, 0.05) is 39.3 Å². The minimum Gasteiger partial charge on any atom is -0.353 e. The summed E-state index contributed by atoms with van der Waals surface area (Å²) in [5.74, 6) is 0.759. The molecule has 1 N–H and O–H groups in total. The van der Waals surface area contributed by atoms with Crippen molar-refractivity contribution in [3.63, 3.8) is 0 Å². The van der Waals surface area contributed by atoms with Crippen molar-refractivity contribution < 1.29 is 13.2 Å². The number of rotatable bonds is 6. The molecule has 0 aliphatic carbocycles. The summed E-state index contributed by atoms with van der Waals surface area (Å²) in [6.07, 6.45) is 4.89. The van der Waals surface area contributed by atoms with E-state index in [2.05, 4.69) is 24.5 Å². The van der Waals surface area contributed by atoms with Crippen LogP contribution in [0.4, 0.5) is 5.82 Å². The van der Waals surface area contributed by atoms with Gasteiger partial charge in [-0.15, -0.1) is 0 Å². The molecule has 0 bridgehead atoms. The van der Waals surface area contributed by atoms with Crippen molar-refractivity contribution in [1.29, 1.82) is 0 Å². The highest BCUT2D eigenvalue weighted by atomic mass is 32.2. The maximum Gasteiger partial charge on any atom is 0.208 e. The van der Waals surface area contributed by atoms with Gasteiger partial charge in [-0.2, -0.15) is 0 Å². The predicted octanol–water partition coefficient (Wildman–Crippen LogP) is -1.04. The number of aldehydes is 1. The molecular weight excluding hydrogens is 294 g/mol. The molecule has 2 rings (SSSR count). The molecule has 116 valence electrons. The van der Waals surface area contributed by atoms with Crippen LogP contribution in [0.1, 0.15) is 10.5 Å². The summed E-state index contributed by atoms with van der Waals surface area (Å²) >= 11 is 0. The van der Waals surface area contributed by atoms with Crippen LogP contribution < -0.4 is 9.62 Å². The Morgan fingerprint density at radius 1 is 1.24 bits per heavy atom. The molecule has 0 spiro atoms. The fraction of sp³-hybridized carbons (Fsp3) is 0.583. The van der Waals surface area contributed by atoms with Crippen molar-refractivity contribution in [3.8, 4) is 0 Å². The van der Waals surface area contributed by atoms with E-state index in [1.165, 1.54) is 6.20 Å². The molecule has 1 aliphatic rings. The molecular formula is C12H19N5O3S. The first kappa shape index (κ1) is 15.8. The number of anilines is 1. The first-order valence-electron chi connectivity index (χ1n) is 6.67. The van der Waals surface area contributed by atoms with Crippen LogP contribution in [0.25, 0.3) is 0 Å². The fourth-order valence-corrected chi connectivity index (χ4v) is 2.61. The zero-order valence-electron chi connectivity index (χ0n) is 11.9. The van der Waals surface area contributed by atoms with Crippen LogP contribution in [0.15, 0.2) is 12.4 Å². The molecule has 2 heterocycles.